The molecular weight excluding hydrogens is 1020 g/mol. The Hall–Kier alpha value is -6.27. The van der Waals surface area contributed by atoms with Crippen molar-refractivity contribution in [3.63, 3.8) is 0 Å². The van der Waals surface area contributed by atoms with E-state index < -0.39 is 9.84 Å². The van der Waals surface area contributed by atoms with Crippen LogP contribution in [0.4, 0.5) is 22.7 Å². The van der Waals surface area contributed by atoms with Crippen LogP contribution in [0.5, 0.6) is 17.2 Å². The topological polar surface area (TPSA) is 226 Å². The molecule has 0 fully saturated rings. The lowest BCUT2D eigenvalue weighted by atomic mass is 10.0. The van der Waals surface area contributed by atoms with Gasteiger partial charge in [0.25, 0.3) is 0 Å². The van der Waals surface area contributed by atoms with Gasteiger partial charge in [0.05, 0.1) is 155 Å². The van der Waals surface area contributed by atoms with Crippen LogP contribution in [0, 0.1) is 6.92 Å². The van der Waals surface area contributed by atoms with Crippen molar-refractivity contribution < 1.29 is 70.7 Å². The normalized spacial score (nSPS) is 11.9. The number of phenols is 1. The summed E-state index contributed by atoms with van der Waals surface area (Å²) in [4.78, 5) is 0.159. The van der Waals surface area contributed by atoms with E-state index >= 15 is 0 Å². The molecule has 0 aliphatic rings. The summed E-state index contributed by atoms with van der Waals surface area (Å²) in [5.74, 6) is 0.853. The summed E-state index contributed by atoms with van der Waals surface area (Å²) in [7, 11) is -2.14. The zero-order valence-electron chi connectivity index (χ0n) is 44.5. The van der Waals surface area contributed by atoms with Crippen LogP contribution in [0.2, 0.25) is 0 Å². The smallest absolute Gasteiger partial charge is 0.182 e. The van der Waals surface area contributed by atoms with E-state index in [0.717, 1.165) is 22.9 Å². The Balaban J connectivity index is 0.789. The molecule has 0 amide bonds. The average molecular weight is 1100 g/mol. The highest BCUT2D eigenvalue weighted by Gasteiger charge is 2.16. The Morgan fingerprint density at radius 1 is 0.462 bits per heavy atom. The minimum absolute atomic E-state index is 0.0101. The molecule has 0 unspecified atom stereocenters. The van der Waals surface area contributed by atoms with Gasteiger partial charge in [-0.15, -0.1) is 10.2 Å². The zero-order valence-corrected chi connectivity index (χ0v) is 45.3. The Bertz CT molecular complexity index is 2820. The first-order chi connectivity index (χ1) is 38.2. The van der Waals surface area contributed by atoms with E-state index in [1.165, 1.54) is 24.8 Å². The molecule has 0 bridgehead atoms. The van der Waals surface area contributed by atoms with Crippen LogP contribution in [0.3, 0.4) is 0 Å². The number of aliphatic hydroxyl groups is 1. The molecule has 0 aliphatic carbocycles. The number of ether oxygens (including phenoxy) is 11. The molecule has 0 radical (unpaired) electrons. The van der Waals surface area contributed by atoms with Crippen molar-refractivity contribution in [3.05, 3.63) is 144 Å². The summed E-state index contributed by atoms with van der Waals surface area (Å²) in [5, 5.41) is 38.8. The van der Waals surface area contributed by atoms with Gasteiger partial charge in [0.2, 0.25) is 0 Å². The molecule has 0 atom stereocenters. The van der Waals surface area contributed by atoms with Crippen LogP contribution >= 0.6 is 0 Å². The van der Waals surface area contributed by atoms with Gasteiger partial charge >= 0.3 is 0 Å². The molecule has 78 heavy (non-hydrogen) atoms. The summed E-state index contributed by atoms with van der Waals surface area (Å²) in [6.07, 6.45) is 0.789. The second-order valence-corrected chi connectivity index (χ2v) is 19.3. The summed E-state index contributed by atoms with van der Waals surface area (Å²) in [5.41, 5.74) is 5.47. The molecule has 0 aromatic heterocycles. The van der Waals surface area contributed by atoms with Crippen molar-refractivity contribution in [3.8, 4) is 17.2 Å². The number of aliphatic hydroxyl groups excluding tert-OH is 1. The maximum atomic E-state index is 13.3. The van der Waals surface area contributed by atoms with Crippen LogP contribution in [0.1, 0.15) is 22.3 Å². The molecular formula is C58H72N4O15S. The lowest BCUT2D eigenvalue weighted by Gasteiger charge is -2.10. The molecule has 19 nitrogen and oxygen atoms in total. The molecule has 20 heteroatoms. The number of nitrogens with zero attached hydrogens (tertiary/aromatic N) is 4. The summed E-state index contributed by atoms with van der Waals surface area (Å²) >= 11 is 0. The second-order valence-electron chi connectivity index (χ2n) is 17.3. The number of aryl methyl sites for hydroxylation is 1. The van der Waals surface area contributed by atoms with Gasteiger partial charge in [-0.1, -0.05) is 66.7 Å². The van der Waals surface area contributed by atoms with Crippen LogP contribution in [-0.4, -0.2) is 158 Å². The van der Waals surface area contributed by atoms with Crippen molar-refractivity contribution >= 4 is 43.4 Å². The predicted molar refractivity (Wildman–Crippen MR) is 295 cm³/mol. The molecule has 6 rings (SSSR count). The number of sulfone groups is 1. The largest absolute Gasteiger partial charge is 0.505 e. The van der Waals surface area contributed by atoms with E-state index in [-0.39, 0.29) is 23.0 Å². The standard InChI is InChI=1S/C58H72N4O15S/c1-45-40-56(62-60-54-19-11-49-42-48(10-18-53(49)58(54)64)41-46-6-4-3-5-7-46)57(67-2)43-55(45)61-59-50-12-16-52(17-13-50)78(65,66)44-47-8-14-51(15-9-47)77-39-38-76-37-36-75-35-34-74-33-32-73-31-30-72-29-28-71-27-26-70-25-24-69-23-22-68-21-20-63/h3-19,40,42-43,63-64H,20-39,41,44H2,1-2H3. The SMILES string of the molecule is COc1cc(N=Nc2ccc(S(=O)(=O)Cc3ccc(OCCOCCOCCOCCOCCOCCOCCOCCOCCOCCO)cc3)cc2)c(C)cc1N=Nc1ccc2cc(Cc3ccccc3)ccc2c1O. The monoisotopic (exact) mass is 1100 g/mol. The first-order valence-corrected chi connectivity index (χ1v) is 27.5. The summed E-state index contributed by atoms with van der Waals surface area (Å²) in [6.45, 7) is 10.2. The van der Waals surface area contributed by atoms with Gasteiger partial charge in [0.15, 0.2) is 15.6 Å². The molecule has 6 aromatic rings. The first kappa shape index (κ1) is 61.0. The quantitative estimate of drug-likeness (QED) is 0.0270. The molecule has 6 aromatic carbocycles. The number of hydrogen-bond donors (Lipinski definition) is 2. The fraction of sp³-hybridized carbons (Fsp3) is 0.414. The molecule has 0 heterocycles. The number of phenolic OH excluding ortho intramolecular Hbond substituents is 1. The number of rotatable bonds is 40. The summed E-state index contributed by atoms with van der Waals surface area (Å²) in [6, 6.07) is 36.5. The zero-order chi connectivity index (χ0) is 54.9. The number of aromatic hydroxyl groups is 1. The fourth-order valence-corrected chi connectivity index (χ4v) is 8.80. The van der Waals surface area contributed by atoms with E-state index in [9.17, 15) is 13.5 Å². The number of hydrogen-bond acceptors (Lipinski definition) is 19. The third-order valence-electron chi connectivity index (χ3n) is 11.5. The molecule has 420 valence electrons. The second kappa shape index (κ2) is 35.3. The Morgan fingerprint density at radius 3 is 1.50 bits per heavy atom. The highest BCUT2D eigenvalue weighted by atomic mass is 32.2. The molecule has 0 saturated carbocycles. The van der Waals surface area contributed by atoms with Gasteiger partial charge in [-0.2, -0.15) is 10.2 Å². The van der Waals surface area contributed by atoms with E-state index in [4.69, 9.17) is 57.2 Å². The Morgan fingerprint density at radius 2 is 0.962 bits per heavy atom. The lowest BCUT2D eigenvalue weighted by molar-refractivity contribution is -0.0258. The van der Waals surface area contributed by atoms with E-state index in [2.05, 4.69) is 38.7 Å². The maximum absolute atomic E-state index is 13.3. The maximum Gasteiger partial charge on any atom is 0.182 e. The van der Waals surface area contributed by atoms with Gasteiger partial charge in [-0.3, -0.25) is 0 Å². The van der Waals surface area contributed by atoms with Gasteiger partial charge in [0.1, 0.15) is 29.5 Å². The molecule has 0 spiro atoms. The summed E-state index contributed by atoms with van der Waals surface area (Å²) < 4.78 is 87.1. The van der Waals surface area contributed by atoms with E-state index in [1.54, 1.807) is 54.6 Å². The third kappa shape index (κ3) is 22.2. The van der Waals surface area contributed by atoms with Crippen LogP contribution in [0.25, 0.3) is 10.8 Å². The number of benzene rings is 6. The minimum atomic E-state index is -3.66. The third-order valence-corrected chi connectivity index (χ3v) is 13.2. The first-order valence-electron chi connectivity index (χ1n) is 25.9. The van der Waals surface area contributed by atoms with Crippen molar-refractivity contribution in [2.24, 2.45) is 20.5 Å². The van der Waals surface area contributed by atoms with Crippen LogP contribution < -0.4 is 9.47 Å². The van der Waals surface area contributed by atoms with Crippen LogP contribution in [-0.2, 0) is 64.6 Å². The molecule has 0 aliphatic heterocycles. The van der Waals surface area contributed by atoms with E-state index in [0.29, 0.717) is 171 Å². The highest BCUT2D eigenvalue weighted by molar-refractivity contribution is 7.90. The Kier molecular flexibility index (Phi) is 27.6. The van der Waals surface area contributed by atoms with Gasteiger partial charge in [-0.05, 0) is 89.5 Å². The fourth-order valence-electron chi connectivity index (χ4n) is 7.45. The van der Waals surface area contributed by atoms with Crippen molar-refractivity contribution in [2.75, 3.05) is 139 Å². The van der Waals surface area contributed by atoms with Crippen molar-refractivity contribution in [2.45, 2.75) is 24.0 Å². The lowest BCUT2D eigenvalue weighted by Crippen LogP contribution is -2.15. The van der Waals surface area contributed by atoms with E-state index in [1.807, 2.05) is 43.3 Å². The predicted octanol–water partition coefficient (Wildman–Crippen LogP) is 9.78. The number of fused-ring (bicyclic) bond motifs is 1. The Labute approximate surface area is 456 Å². The van der Waals surface area contributed by atoms with Crippen molar-refractivity contribution in [1.82, 2.24) is 0 Å². The molecule has 0 saturated heterocycles. The molecule has 2 N–H and O–H groups in total. The van der Waals surface area contributed by atoms with Gasteiger partial charge in [0, 0.05) is 11.5 Å². The van der Waals surface area contributed by atoms with Crippen molar-refractivity contribution in [1.29, 1.82) is 0 Å². The van der Waals surface area contributed by atoms with Gasteiger partial charge < -0.3 is 62.3 Å². The minimum Gasteiger partial charge on any atom is -0.505 e. The number of azo groups is 2. The number of methoxy groups -OCH3 is 1. The highest BCUT2D eigenvalue weighted by Crippen LogP contribution is 2.40. The van der Waals surface area contributed by atoms with Crippen LogP contribution in [0.15, 0.2) is 147 Å². The average Bonchev–Trinajstić information content (AvgIpc) is 3.49. The van der Waals surface area contributed by atoms with Gasteiger partial charge in [-0.25, -0.2) is 8.42 Å².